The zero-order valence-corrected chi connectivity index (χ0v) is 24.2. The highest BCUT2D eigenvalue weighted by Crippen LogP contribution is 2.40. The van der Waals surface area contributed by atoms with Crippen LogP contribution in [0.5, 0.6) is 5.75 Å². The smallest absolute Gasteiger partial charge is 0.333 e. The first-order valence-corrected chi connectivity index (χ1v) is 13.9. The summed E-state index contributed by atoms with van der Waals surface area (Å²) in [6.07, 6.45) is 1.70. The fourth-order valence-electron chi connectivity index (χ4n) is 3.65. The van der Waals surface area contributed by atoms with Gasteiger partial charge in [0, 0.05) is 25.6 Å². The fourth-order valence-corrected chi connectivity index (χ4v) is 5.79. The second-order valence-electron chi connectivity index (χ2n) is 7.82. The Balaban J connectivity index is 1.64. The van der Waals surface area contributed by atoms with Gasteiger partial charge in [-0.3, -0.25) is 9.69 Å². The van der Waals surface area contributed by atoms with Gasteiger partial charge in [0.05, 0.1) is 11.5 Å². The Bertz CT molecular complexity index is 1380. The summed E-state index contributed by atoms with van der Waals surface area (Å²) in [4.78, 5) is 28.1. The van der Waals surface area contributed by atoms with E-state index in [2.05, 4.69) is 15.9 Å². The highest BCUT2D eigenvalue weighted by Gasteiger charge is 2.42. The highest BCUT2D eigenvalue weighted by atomic mass is 79.9. The molecule has 0 bridgehead atoms. The largest absolute Gasteiger partial charge is 0.488 e. The van der Waals surface area contributed by atoms with Gasteiger partial charge >= 0.3 is 5.97 Å². The van der Waals surface area contributed by atoms with Gasteiger partial charge in [0.15, 0.2) is 6.04 Å². The summed E-state index contributed by atoms with van der Waals surface area (Å²) < 4.78 is 12.4. The maximum atomic E-state index is 13.6. The Labute approximate surface area is 242 Å². The van der Waals surface area contributed by atoms with Crippen molar-refractivity contribution in [3.05, 3.63) is 103 Å². The van der Waals surface area contributed by atoms with E-state index in [-0.39, 0.29) is 23.4 Å². The molecule has 10 heteroatoms. The summed E-state index contributed by atoms with van der Waals surface area (Å²) in [5.41, 5.74) is 2.04. The first-order valence-electron chi connectivity index (χ1n) is 11.1. The Morgan fingerprint density at radius 2 is 1.89 bits per heavy atom. The number of halogens is 3. The number of carbonyl (C=O) groups excluding carboxylic acids is 2. The quantitative estimate of drug-likeness (QED) is 0.143. The molecule has 0 saturated carbocycles. The molecule has 1 atom stereocenters. The summed E-state index contributed by atoms with van der Waals surface area (Å²) in [5.74, 6) is -0.384. The third-order valence-corrected chi connectivity index (χ3v) is 7.77. The molecule has 0 radical (unpaired) electrons. The molecule has 0 aromatic heterocycles. The second kappa shape index (κ2) is 12.5. The predicted molar refractivity (Wildman–Crippen MR) is 156 cm³/mol. The van der Waals surface area contributed by atoms with Crippen molar-refractivity contribution in [3.63, 3.8) is 0 Å². The SMILES string of the molecule is CCOC(=O)C(c1ccccc1)N1C(=O)/C(=C\c2cc(Br)ccc2OCc2ccc(Cl)cc2Cl)SC1=S. The molecular formula is C27H20BrCl2NO4S2. The third kappa shape index (κ3) is 6.56. The van der Waals surface area contributed by atoms with Crippen LogP contribution in [0.25, 0.3) is 6.08 Å². The summed E-state index contributed by atoms with van der Waals surface area (Å²) in [6.45, 7) is 2.11. The van der Waals surface area contributed by atoms with Crippen LogP contribution in [-0.2, 0) is 20.9 Å². The molecule has 4 rings (SSSR count). The lowest BCUT2D eigenvalue weighted by molar-refractivity contribution is -0.151. The lowest BCUT2D eigenvalue weighted by Crippen LogP contribution is -2.38. The maximum Gasteiger partial charge on any atom is 0.333 e. The number of rotatable bonds is 8. The zero-order chi connectivity index (χ0) is 26.5. The number of thiocarbonyl (C=S) groups is 1. The van der Waals surface area contributed by atoms with E-state index < -0.39 is 12.0 Å². The van der Waals surface area contributed by atoms with E-state index in [0.717, 1.165) is 21.8 Å². The van der Waals surface area contributed by atoms with Crippen LogP contribution in [0.1, 0.15) is 29.7 Å². The monoisotopic (exact) mass is 635 g/mol. The Morgan fingerprint density at radius 3 is 2.59 bits per heavy atom. The van der Waals surface area contributed by atoms with Gasteiger partial charge in [0.2, 0.25) is 0 Å². The number of amides is 1. The van der Waals surface area contributed by atoms with Crippen LogP contribution in [0.15, 0.2) is 76.1 Å². The van der Waals surface area contributed by atoms with Crippen LogP contribution in [-0.4, -0.2) is 27.7 Å². The molecule has 37 heavy (non-hydrogen) atoms. The van der Waals surface area contributed by atoms with Crippen LogP contribution in [0.3, 0.4) is 0 Å². The van der Waals surface area contributed by atoms with Crippen molar-refractivity contribution < 1.29 is 19.1 Å². The Kier molecular flexibility index (Phi) is 9.31. The molecule has 1 saturated heterocycles. The number of ether oxygens (including phenoxy) is 2. The van der Waals surface area contributed by atoms with Crippen molar-refractivity contribution in [2.75, 3.05) is 6.61 Å². The van der Waals surface area contributed by atoms with E-state index in [9.17, 15) is 9.59 Å². The molecule has 1 amide bonds. The van der Waals surface area contributed by atoms with E-state index >= 15 is 0 Å². The lowest BCUT2D eigenvalue weighted by atomic mass is 10.1. The normalized spacial score (nSPS) is 15.2. The van der Waals surface area contributed by atoms with E-state index in [1.54, 1.807) is 61.5 Å². The number of hydrogen-bond acceptors (Lipinski definition) is 6. The molecule has 0 N–H and O–H groups in total. The van der Waals surface area contributed by atoms with Gasteiger partial charge in [-0.25, -0.2) is 4.79 Å². The van der Waals surface area contributed by atoms with Crippen molar-refractivity contribution in [2.45, 2.75) is 19.6 Å². The van der Waals surface area contributed by atoms with Crippen molar-refractivity contribution in [1.82, 2.24) is 4.90 Å². The summed E-state index contributed by atoms with van der Waals surface area (Å²) in [6, 6.07) is 18.7. The number of carbonyl (C=O) groups is 2. The molecule has 0 aliphatic carbocycles. The molecule has 1 fully saturated rings. The zero-order valence-electron chi connectivity index (χ0n) is 19.5. The second-order valence-corrected chi connectivity index (χ2v) is 11.3. The minimum absolute atomic E-state index is 0.184. The van der Waals surface area contributed by atoms with E-state index in [4.69, 9.17) is 44.9 Å². The van der Waals surface area contributed by atoms with Crippen molar-refractivity contribution >= 4 is 85.4 Å². The van der Waals surface area contributed by atoms with Crippen LogP contribution in [0.2, 0.25) is 10.0 Å². The van der Waals surface area contributed by atoms with Crippen LogP contribution < -0.4 is 4.74 Å². The molecule has 1 heterocycles. The Hall–Kier alpha value is -2.36. The summed E-state index contributed by atoms with van der Waals surface area (Å²) in [5, 5.41) is 1.04. The number of thioether (sulfide) groups is 1. The number of hydrogen-bond donors (Lipinski definition) is 0. The van der Waals surface area contributed by atoms with Gasteiger partial charge in [0.25, 0.3) is 5.91 Å². The number of benzene rings is 3. The van der Waals surface area contributed by atoms with Crippen molar-refractivity contribution in [2.24, 2.45) is 0 Å². The molecule has 190 valence electrons. The molecule has 0 spiro atoms. The molecular weight excluding hydrogens is 617 g/mol. The maximum absolute atomic E-state index is 13.6. The molecule has 1 aliphatic heterocycles. The van der Waals surface area contributed by atoms with Gasteiger partial charge < -0.3 is 9.47 Å². The van der Waals surface area contributed by atoms with E-state index in [0.29, 0.717) is 31.8 Å². The molecule has 3 aromatic carbocycles. The van der Waals surface area contributed by atoms with Gasteiger partial charge in [-0.15, -0.1) is 0 Å². The van der Waals surface area contributed by atoms with Crippen LogP contribution in [0.4, 0.5) is 0 Å². The molecule has 1 aliphatic rings. The van der Waals surface area contributed by atoms with Crippen molar-refractivity contribution in [1.29, 1.82) is 0 Å². The van der Waals surface area contributed by atoms with Crippen LogP contribution >= 0.6 is 63.1 Å². The summed E-state index contributed by atoms with van der Waals surface area (Å²) in [7, 11) is 0. The van der Waals surface area contributed by atoms with Gasteiger partial charge in [0.1, 0.15) is 16.7 Å². The van der Waals surface area contributed by atoms with Crippen LogP contribution in [0, 0.1) is 0 Å². The average Bonchev–Trinajstić information content (AvgIpc) is 3.13. The first-order chi connectivity index (χ1) is 17.8. The number of esters is 1. The van der Waals surface area contributed by atoms with E-state index in [1.165, 1.54) is 4.90 Å². The predicted octanol–water partition coefficient (Wildman–Crippen LogP) is 7.84. The Morgan fingerprint density at radius 1 is 1.14 bits per heavy atom. The average molecular weight is 637 g/mol. The standard InChI is InChI=1S/C27H20BrCl2NO4S2/c1-2-34-26(33)24(16-6-4-3-5-7-16)31-25(32)23(37-27(31)36)13-18-12-19(28)9-11-22(18)35-15-17-8-10-20(29)14-21(17)30/h3-14,24H,2,15H2,1H3/b23-13+. The lowest BCUT2D eigenvalue weighted by Gasteiger charge is -2.25. The van der Waals surface area contributed by atoms with Gasteiger partial charge in [-0.1, -0.05) is 99.5 Å². The summed E-state index contributed by atoms with van der Waals surface area (Å²) >= 11 is 22.4. The van der Waals surface area contributed by atoms with Crippen molar-refractivity contribution in [3.8, 4) is 5.75 Å². The minimum Gasteiger partial charge on any atom is -0.488 e. The minimum atomic E-state index is -0.982. The van der Waals surface area contributed by atoms with Gasteiger partial charge in [-0.05, 0) is 48.9 Å². The molecule has 5 nitrogen and oxygen atoms in total. The fraction of sp³-hybridized carbons (Fsp3) is 0.148. The van der Waals surface area contributed by atoms with Gasteiger partial charge in [-0.2, -0.15) is 0 Å². The molecule has 1 unspecified atom stereocenters. The molecule has 3 aromatic rings. The number of nitrogens with zero attached hydrogens (tertiary/aromatic N) is 1. The third-order valence-electron chi connectivity index (χ3n) is 5.36. The van der Waals surface area contributed by atoms with E-state index in [1.807, 2.05) is 18.2 Å². The topological polar surface area (TPSA) is 55.8 Å². The first kappa shape index (κ1) is 27.7. The highest BCUT2D eigenvalue weighted by molar-refractivity contribution is 9.10.